The minimum atomic E-state index is -0.947. The molecule has 1 atom stereocenters. The van der Waals surface area contributed by atoms with Gasteiger partial charge in [-0.1, -0.05) is 55.5 Å². The largest absolute Gasteiger partial charge is 0.477 e. The third-order valence-corrected chi connectivity index (χ3v) is 3.96. The number of aliphatic carboxylic acids is 1. The van der Waals surface area contributed by atoms with Crippen molar-refractivity contribution in [1.82, 2.24) is 0 Å². The van der Waals surface area contributed by atoms with Crippen molar-refractivity contribution >= 4 is 17.4 Å². The van der Waals surface area contributed by atoms with Gasteiger partial charge in [-0.3, -0.25) is 5.01 Å². The zero-order chi connectivity index (χ0) is 15.5. The Bertz CT molecular complexity index is 710. The molecule has 1 N–H and O–H groups in total. The van der Waals surface area contributed by atoms with Crippen LogP contribution in [0, 0.1) is 0 Å². The highest BCUT2D eigenvalue weighted by atomic mass is 16.4. The molecule has 0 bridgehead atoms. The fourth-order valence-corrected chi connectivity index (χ4v) is 2.83. The highest BCUT2D eigenvalue weighted by Gasteiger charge is 2.32. The highest BCUT2D eigenvalue weighted by Crippen LogP contribution is 2.36. The van der Waals surface area contributed by atoms with Gasteiger partial charge in [0.25, 0.3) is 0 Å². The quantitative estimate of drug-likeness (QED) is 0.936. The molecule has 1 aliphatic heterocycles. The summed E-state index contributed by atoms with van der Waals surface area (Å²) in [6, 6.07) is 17.9. The molecule has 0 saturated carbocycles. The van der Waals surface area contributed by atoms with Gasteiger partial charge >= 0.3 is 5.97 Å². The lowest BCUT2D eigenvalue weighted by Crippen LogP contribution is -2.19. The van der Waals surface area contributed by atoms with Crippen molar-refractivity contribution in [1.29, 1.82) is 0 Å². The summed E-state index contributed by atoms with van der Waals surface area (Å²) in [4.78, 5) is 11.4. The van der Waals surface area contributed by atoms with E-state index in [1.165, 1.54) is 5.56 Å². The van der Waals surface area contributed by atoms with Crippen LogP contribution in [-0.2, 0) is 11.2 Å². The number of carboxylic acid groups (broad SMARTS) is 1. The van der Waals surface area contributed by atoms with Gasteiger partial charge in [0.2, 0.25) is 0 Å². The van der Waals surface area contributed by atoms with Crippen LogP contribution in [0.4, 0.5) is 5.69 Å². The van der Waals surface area contributed by atoms with Gasteiger partial charge in [0.15, 0.2) is 0 Å². The average Bonchev–Trinajstić information content (AvgIpc) is 3.01. The predicted molar refractivity (Wildman–Crippen MR) is 87.2 cm³/mol. The Balaban J connectivity index is 2.05. The number of rotatable bonds is 4. The second-order valence-electron chi connectivity index (χ2n) is 5.31. The molecule has 0 aromatic heterocycles. The van der Waals surface area contributed by atoms with E-state index in [9.17, 15) is 9.90 Å². The van der Waals surface area contributed by atoms with Crippen molar-refractivity contribution < 1.29 is 9.90 Å². The van der Waals surface area contributed by atoms with E-state index in [0.29, 0.717) is 6.42 Å². The first-order valence-electron chi connectivity index (χ1n) is 7.43. The third kappa shape index (κ3) is 2.60. The predicted octanol–water partition coefficient (Wildman–Crippen LogP) is 3.64. The Morgan fingerprint density at radius 3 is 2.55 bits per heavy atom. The molecule has 2 aromatic carbocycles. The fourth-order valence-electron chi connectivity index (χ4n) is 2.83. The van der Waals surface area contributed by atoms with Crippen LogP contribution in [0.15, 0.2) is 59.7 Å². The lowest BCUT2D eigenvalue weighted by atomic mass is 10.0. The molecule has 0 fully saturated rings. The average molecular weight is 294 g/mol. The molecule has 0 unspecified atom stereocenters. The Hall–Kier alpha value is -2.62. The molecule has 4 heteroatoms. The number of nitrogens with zero attached hydrogens (tertiary/aromatic N) is 2. The second-order valence-corrected chi connectivity index (χ2v) is 5.31. The highest BCUT2D eigenvalue weighted by molar-refractivity contribution is 6.36. The van der Waals surface area contributed by atoms with Gasteiger partial charge in [-0.05, 0) is 23.6 Å². The standard InChI is InChI=1S/C18H18N2O2/c1-2-13-8-6-7-11-16(13)20-17(12-15(19-20)18(21)22)14-9-4-3-5-10-14/h3-11,17H,2,12H2,1H3,(H,21,22)/t17-/m0/s1. The molecule has 0 saturated heterocycles. The van der Waals surface area contributed by atoms with Crippen molar-refractivity contribution in [3.63, 3.8) is 0 Å². The molecular weight excluding hydrogens is 276 g/mol. The summed E-state index contributed by atoms with van der Waals surface area (Å²) in [6.45, 7) is 2.09. The van der Waals surface area contributed by atoms with Gasteiger partial charge < -0.3 is 5.11 Å². The molecule has 0 amide bonds. The van der Waals surface area contributed by atoms with E-state index in [1.807, 2.05) is 53.5 Å². The van der Waals surface area contributed by atoms with Crippen LogP contribution in [0.2, 0.25) is 0 Å². The van der Waals surface area contributed by atoms with Crippen molar-refractivity contribution in [2.24, 2.45) is 5.10 Å². The third-order valence-electron chi connectivity index (χ3n) is 3.96. The number of aryl methyl sites for hydroxylation is 1. The number of anilines is 1. The van der Waals surface area contributed by atoms with Crippen LogP contribution in [0.5, 0.6) is 0 Å². The summed E-state index contributed by atoms with van der Waals surface area (Å²) in [7, 11) is 0. The maximum atomic E-state index is 11.4. The van der Waals surface area contributed by atoms with E-state index in [1.54, 1.807) is 0 Å². The number of hydrogen-bond donors (Lipinski definition) is 1. The van der Waals surface area contributed by atoms with Gasteiger partial charge in [-0.25, -0.2) is 4.79 Å². The normalized spacial score (nSPS) is 17.4. The Labute approximate surface area is 129 Å². The lowest BCUT2D eigenvalue weighted by molar-refractivity contribution is -0.129. The van der Waals surface area contributed by atoms with Gasteiger partial charge in [-0.2, -0.15) is 5.10 Å². The summed E-state index contributed by atoms with van der Waals surface area (Å²) >= 11 is 0. The van der Waals surface area contributed by atoms with Crippen LogP contribution in [0.3, 0.4) is 0 Å². The van der Waals surface area contributed by atoms with E-state index in [4.69, 9.17) is 0 Å². The molecule has 112 valence electrons. The van der Waals surface area contributed by atoms with E-state index in [0.717, 1.165) is 17.7 Å². The summed E-state index contributed by atoms with van der Waals surface area (Å²) < 4.78 is 0. The van der Waals surface area contributed by atoms with Crippen molar-refractivity contribution in [3.05, 3.63) is 65.7 Å². The number of para-hydroxylation sites is 1. The Kier molecular flexibility index (Phi) is 3.92. The molecule has 3 rings (SSSR count). The molecule has 2 aromatic rings. The maximum absolute atomic E-state index is 11.4. The maximum Gasteiger partial charge on any atom is 0.352 e. The second kappa shape index (κ2) is 6.02. The molecule has 22 heavy (non-hydrogen) atoms. The monoisotopic (exact) mass is 294 g/mol. The SMILES string of the molecule is CCc1ccccc1N1N=C(C(=O)O)C[C@H]1c1ccccc1. The zero-order valence-corrected chi connectivity index (χ0v) is 12.4. The van der Waals surface area contributed by atoms with Crippen LogP contribution >= 0.6 is 0 Å². The minimum absolute atomic E-state index is 0.0694. The van der Waals surface area contributed by atoms with Gasteiger partial charge in [0.1, 0.15) is 5.71 Å². The van der Waals surface area contributed by atoms with Crippen molar-refractivity contribution in [3.8, 4) is 0 Å². The van der Waals surface area contributed by atoms with Crippen LogP contribution in [0.1, 0.15) is 30.5 Å². The van der Waals surface area contributed by atoms with E-state index < -0.39 is 5.97 Å². The van der Waals surface area contributed by atoms with Crippen LogP contribution in [0.25, 0.3) is 0 Å². The topological polar surface area (TPSA) is 52.9 Å². The van der Waals surface area contributed by atoms with E-state index in [2.05, 4.69) is 18.1 Å². The van der Waals surface area contributed by atoms with Gasteiger partial charge in [0, 0.05) is 6.42 Å². The smallest absolute Gasteiger partial charge is 0.352 e. The summed E-state index contributed by atoms with van der Waals surface area (Å²) in [5, 5.41) is 15.5. The minimum Gasteiger partial charge on any atom is -0.477 e. The Morgan fingerprint density at radius 1 is 1.18 bits per heavy atom. The van der Waals surface area contributed by atoms with Crippen molar-refractivity contribution in [2.45, 2.75) is 25.8 Å². The summed E-state index contributed by atoms with van der Waals surface area (Å²) in [6.07, 6.45) is 1.30. The molecule has 0 aliphatic carbocycles. The number of benzene rings is 2. The number of carbonyl (C=O) groups is 1. The first-order valence-corrected chi connectivity index (χ1v) is 7.43. The number of hydrogen-bond acceptors (Lipinski definition) is 3. The molecular formula is C18H18N2O2. The number of hydrazone groups is 1. The zero-order valence-electron chi connectivity index (χ0n) is 12.4. The molecule has 4 nitrogen and oxygen atoms in total. The molecule has 0 radical (unpaired) electrons. The fraction of sp³-hybridized carbons (Fsp3) is 0.222. The summed E-state index contributed by atoms with van der Waals surface area (Å²) in [5.74, 6) is -0.947. The van der Waals surface area contributed by atoms with Gasteiger partial charge in [0.05, 0.1) is 11.7 Å². The van der Waals surface area contributed by atoms with Crippen molar-refractivity contribution in [2.75, 3.05) is 5.01 Å². The first-order chi connectivity index (χ1) is 10.7. The summed E-state index contributed by atoms with van der Waals surface area (Å²) in [5.41, 5.74) is 3.43. The van der Waals surface area contributed by atoms with Gasteiger partial charge in [-0.15, -0.1) is 0 Å². The molecule has 0 spiro atoms. The Morgan fingerprint density at radius 2 is 1.86 bits per heavy atom. The first kappa shape index (κ1) is 14.3. The van der Waals surface area contributed by atoms with E-state index >= 15 is 0 Å². The van der Waals surface area contributed by atoms with Crippen LogP contribution < -0.4 is 5.01 Å². The lowest BCUT2D eigenvalue weighted by Gasteiger charge is -2.25. The molecule has 1 heterocycles. The van der Waals surface area contributed by atoms with Crippen LogP contribution in [-0.4, -0.2) is 16.8 Å². The molecule has 1 aliphatic rings. The number of carboxylic acids is 1. The van der Waals surface area contributed by atoms with E-state index in [-0.39, 0.29) is 11.8 Å².